The molecule has 5 atom stereocenters. The maximum Gasteiger partial charge on any atom is 0.472 e. The van der Waals surface area contributed by atoms with Crippen molar-refractivity contribution >= 4 is 39.5 Å². The molecule has 2 unspecified atom stereocenters. The van der Waals surface area contributed by atoms with Crippen LogP contribution in [0.1, 0.15) is 459 Å². The van der Waals surface area contributed by atoms with Crippen molar-refractivity contribution in [1.29, 1.82) is 0 Å². The number of hydrogen-bond acceptors (Lipinski definition) is 15. The Kier molecular flexibility index (Phi) is 75.6. The standard InChI is InChI=1S/C87H170O17P2/c1-8-9-10-11-12-13-14-15-16-17-23-29-34-41-49-56-63-70-87(92)104-83(75-98-85(90)69-62-55-48-43-36-39-46-53-60-67-80(6)7)77-102-106(95,96)100-73-81(88)72-99-105(93,94)101-76-82(74-97-84(89)68-61-54-47-40-33-28-25-20-22-27-32-38-45-52-59-66-79(4)5)103-86(91)71-64-57-50-42-35-30-24-19-18-21-26-31-37-44-51-58-65-78(2)3/h78-83,88H,8-77H2,1-7H3,(H,93,94)(H,95,96)/t81-,82-,83-/m1/s1. The summed E-state index contributed by atoms with van der Waals surface area (Å²) in [5.41, 5.74) is 0. The highest BCUT2D eigenvalue weighted by molar-refractivity contribution is 7.47. The summed E-state index contributed by atoms with van der Waals surface area (Å²) in [7, 11) is -9.93. The van der Waals surface area contributed by atoms with Crippen LogP contribution in [0, 0.1) is 17.8 Å². The molecule has 630 valence electrons. The van der Waals surface area contributed by atoms with Crippen molar-refractivity contribution in [2.75, 3.05) is 39.6 Å². The van der Waals surface area contributed by atoms with E-state index in [-0.39, 0.29) is 25.7 Å². The van der Waals surface area contributed by atoms with E-state index in [2.05, 4.69) is 48.5 Å². The van der Waals surface area contributed by atoms with Crippen LogP contribution in [-0.2, 0) is 65.4 Å². The van der Waals surface area contributed by atoms with Gasteiger partial charge in [0.2, 0.25) is 0 Å². The van der Waals surface area contributed by atoms with Crippen molar-refractivity contribution in [2.45, 2.75) is 478 Å². The number of aliphatic hydroxyl groups is 1. The molecule has 0 bridgehead atoms. The molecule has 0 aromatic heterocycles. The van der Waals surface area contributed by atoms with Crippen LogP contribution >= 0.6 is 15.6 Å². The Morgan fingerprint density at radius 3 is 0.642 bits per heavy atom. The van der Waals surface area contributed by atoms with Gasteiger partial charge in [0.05, 0.1) is 26.4 Å². The van der Waals surface area contributed by atoms with Crippen molar-refractivity contribution in [3.05, 3.63) is 0 Å². The van der Waals surface area contributed by atoms with Gasteiger partial charge in [-0.05, 0) is 43.4 Å². The molecule has 0 radical (unpaired) electrons. The zero-order valence-corrected chi connectivity index (χ0v) is 71.7. The molecular weight excluding hydrogens is 1380 g/mol. The van der Waals surface area contributed by atoms with Crippen molar-refractivity contribution < 1.29 is 80.2 Å². The molecule has 0 aromatic rings. The minimum Gasteiger partial charge on any atom is -0.462 e. The lowest BCUT2D eigenvalue weighted by Crippen LogP contribution is -2.30. The number of rotatable bonds is 85. The summed E-state index contributed by atoms with van der Waals surface area (Å²) < 4.78 is 69.0. The van der Waals surface area contributed by atoms with Gasteiger partial charge in [-0.2, -0.15) is 0 Å². The smallest absolute Gasteiger partial charge is 0.462 e. The number of hydrogen-bond donors (Lipinski definition) is 3. The molecule has 17 nitrogen and oxygen atoms in total. The van der Waals surface area contributed by atoms with E-state index < -0.39 is 97.5 Å². The van der Waals surface area contributed by atoms with Gasteiger partial charge in [-0.3, -0.25) is 37.3 Å². The number of unbranched alkanes of at least 4 members (excludes halogenated alkanes) is 53. The van der Waals surface area contributed by atoms with Crippen LogP contribution in [0.2, 0.25) is 0 Å². The minimum absolute atomic E-state index is 0.108. The van der Waals surface area contributed by atoms with Crippen LogP contribution in [0.4, 0.5) is 0 Å². The first-order valence-corrected chi connectivity index (χ1v) is 47.8. The number of esters is 4. The van der Waals surface area contributed by atoms with Crippen molar-refractivity contribution in [3.8, 4) is 0 Å². The summed E-state index contributed by atoms with van der Waals surface area (Å²) in [6.07, 6.45) is 68.0. The molecule has 0 aromatic carbocycles. The molecular formula is C87H170O17P2. The lowest BCUT2D eigenvalue weighted by molar-refractivity contribution is -0.161. The summed E-state index contributed by atoms with van der Waals surface area (Å²) in [4.78, 5) is 73.3. The molecule has 0 amide bonds. The monoisotopic (exact) mass is 1550 g/mol. The van der Waals surface area contributed by atoms with E-state index in [9.17, 15) is 43.2 Å². The zero-order valence-electron chi connectivity index (χ0n) is 69.9. The number of phosphoric ester groups is 2. The Balaban J connectivity index is 5.26. The molecule has 0 fully saturated rings. The van der Waals surface area contributed by atoms with Gasteiger partial charge < -0.3 is 33.8 Å². The fourth-order valence-electron chi connectivity index (χ4n) is 13.5. The van der Waals surface area contributed by atoms with Gasteiger partial charge in [0.25, 0.3) is 0 Å². The van der Waals surface area contributed by atoms with Gasteiger partial charge in [-0.15, -0.1) is 0 Å². The maximum atomic E-state index is 13.2. The molecule has 0 saturated heterocycles. The first kappa shape index (κ1) is 104. The van der Waals surface area contributed by atoms with E-state index in [0.717, 1.165) is 108 Å². The van der Waals surface area contributed by atoms with E-state index in [0.29, 0.717) is 25.7 Å². The number of carbonyl (C=O) groups excluding carboxylic acids is 4. The van der Waals surface area contributed by atoms with Gasteiger partial charge in [-0.25, -0.2) is 9.13 Å². The van der Waals surface area contributed by atoms with Crippen LogP contribution in [-0.4, -0.2) is 96.7 Å². The Hall–Kier alpha value is -1.94. The van der Waals surface area contributed by atoms with Gasteiger partial charge in [0, 0.05) is 25.7 Å². The summed E-state index contributed by atoms with van der Waals surface area (Å²) >= 11 is 0. The molecule has 0 spiro atoms. The normalized spacial score (nSPS) is 13.9. The highest BCUT2D eigenvalue weighted by atomic mass is 31.2. The molecule has 3 N–H and O–H groups in total. The van der Waals surface area contributed by atoms with Gasteiger partial charge in [-0.1, -0.05) is 408 Å². The van der Waals surface area contributed by atoms with E-state index in [4.69, 9.17) is 37.0 Å². The molecule has 0 saturated carbocycles. The maximum absolute atomic E-state index is 13.2. The first-order valence-electron chi connectivity index (χ1n) is 44.8. The Morgan fingerprint density at radius 1 is 0.255 bits per heavy atom. The van der Waals surface area contributed by atoms with Crippen molar-refractivity contribution in [2.24, 2.45) is 17.8 Å². The highest BCUT2D eigenvalue weighted by Gasteiger charge is 2.30. The van der Waals surface area contributed by atoms with Gasteiger partial charge >= 0.3 is 39.5 Å². The number of phosphoric acid groups is 2. The lowest BCUT2D eigenvalue weighted by atomic mass is 10.0. The topological polar surface area (TPSA) is 237 Å². The Bertz CT molecular complexity index is 2040. The fraction of sp³-hybridized carbons (Fsp3) is 0.954. The molecule has 0 aliphatic heterocycles. The number of ether oxygens (including phenoxy) is 4. The van der Waals surface area contributed by atoms with Crippen LogP contribution in [0.5, 0.6) is 0 Å². The SMILES string of the molecule is CCCCCCCCCCCCCCCCCCCC(=O)O[C@H](COC(=O)CCCCCCCCCCCC(C)C)COP(=O)(O)OC[C@H](O)COP(=O)(O)OC[C@@H](COC(=O)CCCCCCCCCCCCCCCCCC(C)C)OC(=O)CCCCCCCCCCCCCCCCCCC(C)C. The highest BCUT2D eigenvalue weighted by Crippen LogP contribution is 2.45. The van der Waals surface area contributed by atoms with Crippen LogP contribution in [0.3, 0.4) is 0 Å². The molecule has 0 aliphatic carbocycles. The van der Waals surface area contributed by atoms with E-state index in [1.165, 1.54) is 270 Å². The van der Waals surface area contributed by atoms with E-state index in [1.54, 1.807) is 0 Å². The van der Waals surface area contributed by atoms with E-state index in [1.807, 2.05) is 0 Å². The van der Waals surface area contributed by atoms with E-state index >= 15 is 0 Å². The summed E-state index contributed by atoms with van der Waals surface area (Å²) in [5, 5.41) is 10.7. The largest absolute Gasteiger partial charge is 0.472 e. The second kappa shape index (κ2) is 77.0. The summed E-state index contributed by atoms with van der Waals surface area (Å²) in [5.74, 6) is 0.258. The first-order chi connectivity index (χ1) is 51.2. The third-order valence-electron chi connectivity index (χ3n) is 20.4. The number of aliphatic hydroxyl groups excluding tert-OH is 1. The molecule has 0 heterocycles. The van der Waals surface area contributed by atoms with Crippen LogP contribution in [0.25, 0.3) is 0 Å². The number of carbonyl (C=O) groups is 4. The van der Waals surface area contributed by atoms with Crippen molar-refractivity contribution in [1.82, 2.24) is 0 Å². The lowest BCUT2D eigenvalue weighted by Gasteiger charge is -2.21. The summed E-state index contributed by atoms with van der Waals surface area (Å²) in [6.45, 7) is 12.0. The second-order valence-corrected chi connectivity index (χ2v) is 35.6. The molecule has 19 heteroatoms. The Labute approximate surface area is 651 Å². The third-order valence-corrected chi connectivity index (χ3v) is 22.3. The van der Waals surface area contributed by atoms with Crippen LogP contribution < -0.4 is 0 Å². The minimum atomic E-state index is -4.97. The molecule has 106 heavy (non-hydrogen) atoms. The average Bonchev–Trinajstić information content (AvgIpc) is 0.899. The fourth-order valence-corrected chi connectivity index (χ4v) is 15.1. The second-order valence-electron chi connectivity index (χ2n) is 32.7. The van der Waals surface area contributed by atoms with Crippen molar-refractivity contribution in [3.63, 3.8) is 0 Å². The Morgan fingerprint density at radius 2 is 0.434 bits per heavy atom. The molecule has 0 rings (SSSR count). The third kappa shape index (κ3) is 80.1. The quantitative estimate of drug-likeness (QED) is 0.0222. The van der Waals surface area contributed by atoms with Gasteiger partial charge in [0.1, 0.15) is 19.3 Å². The van der Waals surface area contributed by atoms with Gasteiger partial charge in [0.15, 0.2) is 12.2 Å². The summed E-state index contributed by atoms with van der Waals surface area (Å²) in [6, 6.07) is 0. The zero-order chi connectivity index (χ0) is 77.9. The predicted octanol–water partition coefficient (Wildman–Crippen LogP) is 26.5. The predicted molar refractivity (Wildman–Crippen MR) is 437 cm³/mol. The molecule has 0 aliphatic rings. The average molecular weight is 1550 g/mol. The van der Waals surface area contributed by atoms with Crippen LogP contribution in [0.15, 0.2) is 0 Å².